The molecular weight excluding hydrogens is 408 g/mol. The zero-order valence-corrected chi connectivity index (χ0v) is 20.2. The summed E-state index contributed by atoms with van der Waals surface area (Å²) in [5.74, 6) is 1.96. The van der Waals surface area contributed by atoms with E-state index in [0.29, 0.717) is 13.1 Å². The van der Waals surface area contributed by atoms with E-state index in [4.69, 9.17) is 9.97 Å². The van der Waals surface area contributed by atoms with E-state index in [0.717, 1.165) is 54.4 Å². The second-order valence-corrected chi connectivity index (χ2v) is 8.84. The van der Waals surface area contributed by atoms with Gasteiger partial charge in [0.05, 0.1) is 5.92 Å². The summed E-state index contributed by atoms with van der Waals surface area (Å²) in [7, 11) is 0. The highest BCUT2D eigenvalue weighted by Gasteiger charge is 2.29. The van der Waals surface area contributed by atoms with Crippen molar-refractivity contribution in [3.05, 3.63) is 77.0 Å². The number of aryl methyl sites for hydroxylation is 2. The summed E-state index contributed by atoms with van der Waals surface area (Å²) in [6.45, 7) is 11.4. The number of hydrogen-bond acceptors (Lipinski definition) is 4. The number of aromatic nitrogens is 2. The van der Waals surface area contributed by atoms with Crippen LogP contribution >= 0.6 is 0 Å². The first kappa shape index (κ1) is 23.0. The third-order valence-electron chi connectivity index (χ3n) is 6.62. The van der Waals surface area contributed by atoms with Gasteiger partial charge in [-0.25, -0.2) is 9.97 Å². The van der Waals surface area contributed by atoms with E-state index in [2.05, 4.69) is 69.0 Å². The van der Waals surface area contributed by atoms with Gasteiger partial charge in [0.2, 0.25) is 5.91 Å². The van der Waals surface area contributed by atoms with E-state index in [1.54, 1.807) is 0 Å². The number of hydrogen-bond donors (Lipinski definition) is 0. The summed E-state index contributed by atoms with van der Waals surface area (Å²) in [6, 6.07) is 18.5. The lowest BCUT2D eigenvalue weighted by atomic mass is 9.95. The Bertz CT molecular complexity index is 1100. The summed E-state index contributed by atoms with van der Waals surface area (Å²) < 4.78 is 0. The normalized spacial score (nSPS) is 14.9. The van der Waals surface area contributed by atoms with Gasteiger partial charge in [0, 0.05) is 43.0 Å². The van der Waals surface area contributed by atoms with Crippen LogP contribution in [0, 0.1) is 13.8 Å². The summed E-state index contributed by atoms with van der Waals surface area (Å²) >= 11 is 0. The maximum atomic E-state index is 13.3. The monoisotopic (exact) mass is 442 g/mol. The van der Waals surface area contributed by atoms with Gasteiger partial charge in [0.1, 0.15) is 5.82 Å². The van der Waals surface area contributed by atoms with E-state index >= 15 is 0 Å². The van der Waals surface area contributed by atoms with Crippen LogP contribution in [-0.4, -0.2) is 47.0 Å². The third-order valence-corrected chi connectivity index (χ3v) is 6.62. The molecule has 0 aliphatic carbocycles. The van der Waals surface area contributed by atoms with E-state index in [1.165, 1.54) is 11.1 Å². The highest BCUT2D eigenvalue weighted by molar-refractivity contribution is 5.84. The second-order valence-electron chi connectivity index (χ2n) is 8.84. The Balaban J connectivity index is 1.54. The quantitative estimate of drug-likeness (QED) is 0.529. The molecule has 0 unspecified atom stereocenters. The van der Waals surface area contributed by atoms with Crippen molar-refractivity contribution in [3.63, 3.8) is 0 Å². The van der Waals surface area contributed by atoms with Crippen LogP contribution in [0.4, 0.5) is 5.82 Å². The largest absolute Gasteiger partial charge is 0.353 e. The lowest BCUT2D eigenvalue weighted by Crippen LogP contribution is -2.50. The lowest BCUT2D eigenvalue weighted by molar-refractivity contribution is -0.133. The molecule has 1 amide bonds. The molecule has 33 heavy (non-hydrogen) atoms. The number of anilines is 1. The average Bonchev–Trinajstić information content (AvgIpc) is 2.84. The minimum absolute atomic E-state index is 0.0711. The number of rotatable bonds is 6. The minimum Gasteiger partial charge on any atom is -0.353 e. The van der Waals surface area contributed by atoms with Gasteiger partial charge in [-0.15, -0.1) is 0 Å². The zero-order valence-electron chi connectivity index (χ0n) is 20.2. The Kier molecular flexibility index (Phi) is 7.07. The van der Waals surface area contributed by atoms with Gasteiger partial charge in [-0.3, -0.25) is 4.79 Å². The first-order valence-electron chi connectivity index (χ1n) is 12.0. The van der Waals surface area contributed by atoms with E-state index < -0.39 is 0 Å². The van der Waals surface area contributed by atoms with Crippen molar-refractivity contribution >= 4 is 11.7 Å². The van der Waals surface area contributed by atoms with Crippen molar-refractivity contribution in [1.29, 1.82) is 0 Å². The molecule has 0 saturated carbocycles. The Morgan fingerprint density at radius 3 is 2.30 bits per heavy atom. The standard InChI is InChI=1S/C28H34N4O/c1-5-24-21(4)29-26(23-14-10-11-20(3)19-23)30-27(24)31-15-17-32(18-16-31)28(33)25(6-2)22-12-8-7-9-13-22/h7-14,19,25H,5-6,15-18H2,1-4H3/t25-/m0/s1. The molecule has 5 heteroatoms. The third kappa shape index (κ3) is 4.92. The van der Waals surface area contributed by atoms with Gasteiger partial charge in [0.25, 0.3) is 0 Å². The molecule has 3 aromatic rings. The van der Waals surface area contributed by atoms with Gasteiger partial charge in [0.15, 0.2) is 5.82 Å². The summed E-state index contributed by atoms with van der Waals surface area (Å²) in [5, 5.41) is 0. The molecule has 5 nitrogen and oxygen atoms in total. The first-order valence-corrected chi connectivity index (χ1v) is 12.0. The van der Waals surface area contributed by atoms with Gasteiger partial charge in [-0.2, -0.15) is 0 Å². The van der Waals surface area contributed by atoms with Crippen LogP contribution < -0.4 is 4.90 Å². The highest BCUT2D eigenvalue weighted by atomic mass is 16.2. The van der Waals surface area contributed by atoms with Gasteiger partial charge < -0.3 is 9.80 Å². The molecule has 1 fully saturated rings. The fourth-order valence-electron chi connectivity index (χ4n) is 4.77. The molecule has 0 radical (unpaired) electrons. The van der Waals surface area contributed by atoms with Crippen molar-refractivity contribution < 1.29 is 4.79 Å². The molecule has 2 heterocycles. The second kappa shape index (κ2) is 10.2. The Hall–Kier alpha value is -3.21. The molecule has 172 valence electrons. The van der Waals surface area contributed by atoms with Crippen molar-refractivity contribution in [2.24, 2.45) is 0 Å². The molecule has 1 atom stereocenters. The van der Waals surface area contributed by atoms with Crippen LogP contribution in [0.2, 0.25) is 0 Å². The minimum atomic E-state index is -0.0711. The van der Waals surface area contributed by atoms with E-state index in [1.807, 2.05) is 23.1 Å². The molecule has 0 spiro atoms. The molecule has 1 aliphatic heterocycles. The maximum absolute atomic E-state index is 13.3. The lowest BCUT2D eigenvalue weighted by Gasteiger charge is -2.38. The van der Waals surface area contributed by atoms with Gasteiger partial charge in [-0.05, 0) is 38.3 Å². The first-order chi connectivity index (χ1) is 16.0. The molecule has 0 bridgehead atoms. The smallest absolute Gasteiger partial charge is 0.230 e. The molecule has 0 N–H and O–H groups in total. The molecule has 1 aromatic heterocycles. The Morgan fingerprint density at radius 1 is 0.939 bits per heavy atom. The van der Waals surface area contributed by atoms with Crippen LogP contribution in [0.15, 0.2) is 54.6 Å². The van der Waals surface area contributed by atoms with Crippen molar-refractivity contribution in [2.45, 2.75) is 46.5 Å². The SMILES string of the molecule is CCc1c(C)nc(-c2cccc(C)c2)nc1N1CCN(C(=O)[C@@H](CC)c2ccccc2)CC1. The van der Waals surface area contributed by atoms with Gasteiger partial charge >= 0.3 is 0 Å². The average molecular weight is 443 g/mol. The number of carbonyl (C=O) groups is 1. The van der Waals surface area contributed by atoms with Crippen LogP contribution in [0.5, 0.6) is 0 Å². The van der Waals surface area contributed by atoms with Crippen LogP contribution in [-0.2, 0) is 11.2 Å². The predicted octanol–water partition coefficient (Wildman–Crippen LogP) is 5.17. The fraction of sp³-hybridized carbons (Fsp3) is 0.393. The maximum Gasteiger partial charge on any atom is 0.230 e. The summed E-state index contributed by atoms with van der Waals surface area (Å²) in [4.78, 5) is 27.5. The van der Waals surface area contributed by atoms with Crippen molar-refractivity contribution in [1.82, 2.24) is 14.9 Å². The van der Waals surface area contributed by atoms with Crippen LogP contribution in [0.1, 0.15) is 48.6 Å². The highest BCUT2D eigenvalue weighted by Crippen LogP contribution is 2.28. The topological polar surface area (TPSA) is 49.3 Å². The van der Waals surface area contributed by atoms with E-state index in [9.17, 15) is 4.79 Å². The fourth-order valence-corrected chi connectivity index (χ4v) is 4.77. The predicted molar refractivity (Wildman–Crippen MR) is 135 cm³/mol. The van der Waals surface area contributed by atoms with Crippen LogP contribution in [0.25, 0.3) is 11.4 Å². The number of amides is 1. The number of benzene rings is 2. The number of nitrogens with zero attached hydrogens (tertiary/aromatic N) is 4. The zero-order chi connectivity index (χ0) is 23.4. The number of piperazine rings is 1. The molecule has 2 aromatic carbocycles. The molecule has 4 rings (SSSR count). The van der Waals surface area contributed by atoms with Gasteiger partial charge in [-0.1, -0.05) is 67.9 Å². The molecule has 1 aliphatic rings. The van der Waals surface area contributed by atoms with Crippen LogP contribution in [0.3, 0.4) is 0 Å². The van der Waals surface area contributed by atoms with Crippen molar-refractivity contribution in [3.8, 4) is 11.4 Å². The molecule has 1 saturated heterocycles. The Labute approximate surface area is 197 Å². The Morgan fingerprint density at radius 2 is 1.67 bits per heavy atom. The number of carbonyl (C=O) groups excluding carboxylic acids is 1. The summed E-state index contributed by atoms with van der Waals surface area (Å²) in [5.41, 5.74) is 5.58. The summed E-state index contributed by atoms with van der Waals surface area (Å²) in [6.07, 6.45) is 1.70. The van der Waals surface area contributed by atoms with Crippen molar-refractivity contribution in [2.75, 3.05) is 31.1 Å². The van der Waals surface area contributed by atoms with E-state index in [-0.39, 0.29) is 11.8 Å². The molecular formula is C28H34N4O.